The number of carbonyl (C=O) groups excluding carboxylic acids is 1. The van der Waals surface area contributed by atoms with E-state index in [-0.39, 0.29) is 11.9 Å². The van der Waals surface area contributed by atoms with Crippen LogP contribution in [-0.4, -0.2) is 25.2 Å². The molecule has 1 N–H and O–H groups in total. The van der Waals surface area contributed by atoms with E-state index in [0.717, 1.165) is 12.5 Å². The Bertz CT molecular complexity index is 206. The Balaban J connectivity index is 2.21. The number of rotatable bonds is 5. The molecule has 0 aromatic heterocycles. The number of nitrogens with one attached hydrogen (secondary N) is 1. The van der Waals surface area contributed by atoms with Gasteiger partial charge in [0.25, 0.3) is 0 Å². The van der Waals surface area contributed by atoms with Crippen molar-refractivity contribution >= 4 is 5.97 Å². The number of carbonyl (C=O) groups is 1. The molecular weight excluding hydrogens is 190 g/mol. The van der Waals surface area contributed by atoms with Crippen molar-refractivity contribution < 1.29 is 9.53 Å². The smallest absolute Gasteiger partial charge is 0.309 e. The van der Waals surface area contributed by atoms with Crippen LogP contribution in [0.5, 0.6) is 0 Å². The van der Waals surface area contributed by atoms with E-state index in [1.54, 1.807) is 0 Å². The summed E-state index contributed by atoms with van der Waals surface area (Å²) in [4.78, 5) is 11.4. The lowest BCUT2D eigenvalue weighted by Crippen LogP contribution is -2.36. The maximum Gasteiger partial charge on any atom is 0.309 e. The van der Waals surface area contributed by atoms with Crippen LogP contribution in [0.15, 0.2) is 0 Å². The normalized spacial score (nSPS) is 27.7. The molecule has 0 aliphatic heterocycles. The topological polar surface area (TPSA) is 38.3 Å². The summed E-state index contributed by atoms with van der Waals surface area (Å²) in [7, 11) is 0. The summed E-state index contributed by atoms with van der Waals surface area (Å²) >= 11 is 0. The van der Waals surface area contributed by atoms with Crippen molar-refractivity contribution in [2.75, 3.05) is 13.2 Å². The Labute approximate surface area is 92.6 Å². The van der Waals surface area contributed by atoms with Gasteiger partial charge in [-0.3, -0.25) is 4.79 Å². The number of hydrogen-bond acceptors (Lipinski definition) is 3. The molecule has 15 heavy (non-hydrogen) atoms. The monoisotopic (exact) mass is 213 g/mol. The zero-order valence-corrected chi connectivity index (χ0v) is 10.1. The highest BCUT2D eigenvalue weighted by atomic mass is 16.5. The van der Waals surface area contributed by atoms with Gasteiger partial charge in [-0.25, -0.2) is 0 Å². The van der Waals surface area contributed by atoms with Gasteiger partial charge in [-0.15, -0.1) is 0 Å². The molecule has 88 valence electrons. The maximum atomic E-state index is 11.4. The summed E-state index contributed by atoms with van der Waals surface area (Å²) in [5.74, 6) is 0.632. The first-order valence-electron chi connectivity index (χ1n) is 6.05. The van der Waals surface area contributed by atoms with Gasteiger partial charge in [0.05, 0.1) is 12.5 Å². The molecule has 0 aromatic carbocycles. The van der Waals surface area contributed by atoms with Crippen LogP contribution in [0.2, 0.25) is 0 Å². The summed E-state index contributed by atoms with van der Waals surface area (Å²) in [6.07, 6.45) is 3.87. The van der Waals surface area contributed by atoms with Crippen LogP contribution in [0, 0.1) is 11.8 Å². The van der Waals surface area contributed by atoms with E-state index in [2.05, 4.69) is 12.2 Å². The molecule has 3 nitrogen and oxygen atoms in total. The van der Waals surface area contributed by atoms with Crippen LogP contribution >= 0.6 is 0 Å². The quantitative estimate of drug-likeness (QED) is 0.709. The molecule has 1 rings (SSSR count). The molecule has 0 saturated heterocycles. The average Bonchev–Trinajstić information content (AvgIpc) is 2.61. The van der Waals surface area contributed by atoms with Crippen LogP contribution in [0.3, 0.4) is 0 Å². The summed E-state index contributed by atoms with van der Waals surface area (Å²) in [5, 5.41) is 3.47. The molecular formula is C12H23NO2. The van der Waals surface area contributed by atoms with Gasteiger partial charge >= 0.3 is 5.97 Å². The third kappa shape index (κ3) is 3.82. The van der Waals surface area contributed by atoms with Crippen molar-refractivity contribution in [1.29, 1.82) is 0 Å². The minimum atomic E-state index is -0.0874. The van der Waals surface area contributed by atoms with Gasteiger partial charge in [-0.2, -0.15) is 0 Å². The van der Waals surface area contributed by atoms with Crippen molar-refractivity contribution in [3.63, 3.8) is 0 Å². The van der Waals surface area contributed by atoms with E-state index >= 15 is 0 Å². The minimum absolute atomic E-state index is 0.0299. The Kier molecular flexibility index (Phi) is 5.09. The van der Waals surface area contributed by atoms with Gasteiger partial charge in [-0.1, -0.05) is 20.3 Å². The van der Waals surface area contributed by atoms with Crippen molar-refractivity contribution in [1.82, 2.24) is 5.32 Å². The summed E-state index contributed by atoms with van der Waals surface area (Å²) in [5.41, 5.74) is 0. The lowest BCUT2D eigenvalue weighted by atomic mass is 10.1. The first-order chi connectivity index (χ1) is 7.15. The molecule has 0 amide bonds. The number of esters is 1. The fourth-order valence-electron chi connectivity index (χ4n) is 2.14. The zero-order chi connectivity index (χ0) is 11.3. The van der Waals surface area contributed by atoms with E-state index in [0.29, 0.717) is 12.6 Å². The fraction of sp³-hybridized carbons (Fsp3) is 0.917. The standard InChI is InChI=1S/C12H23NO2/c1-4-15-12(14)10(3)8-13-11-7-5-6-9(11)2/h9-11,13H,4-8H2,1-3H3. The van der Waals surface area contributed by atoms with Gasteiger partial charge in [-0.05, 0) is 25.7 Å². The second kappa shape index (κ2) is 6.11. The molecule has 1 aliphatic rings. The lowest BCUT2D eigenvalue weighted by Gasteiger charge is -2.19. The molecule has 1 aliphatic carbocycles. The number of hydrogen-bond donors (Lipinski definition) is 1. The molecule has 0 aromatic rings. The summed E-state index contributed by atoms with van der Waals surface area (Å²) in [6.45, 7) is 7.26. The first kappa shape index (κ1) is 12.5. The van der Waals surface area contributed by atoms with E-state index in [9.17, 15) is 4.79 Å². The van der Waals surface area contributed by atoms with E-state index in [1.807, 2.05) is 13.8 Å². The van der Waals surface area contributed by atoms with Crippen LogP contribution < -0.4 is 5.32 Å². The van der Waals surface area contributed by atoms with Crippen molar-refractivity contribution in [3.8, 4) is 0 Å². The summed E-state index contributed by atoms with van der Waals surface area (Å²) in [6, 6.07) is 0.599. The second-order valence-electron chi connectivity index (χ2n) is 4.58. The summed E-state index contributed by atoms with van der Waals surface area (Å²) < 4.78 is 4.97. The largest absolute Gasteiger partial charge is 0.466 e. The number of ether oxygens (including phenoxy) is 1. The van der Waals surface area contributed by atoms with E-state index < -0.39 is 0 Å². The lowest BCUT2D eigenvalue weighted by molar-refractivity contribution is -0.147. The molecule has 0 spiro atoms. The minimum Gasteiger partial charge on any atom is -0.466 e. The Morgan fingerprint density at radius 2 is 2.27 bits per heavy atom. The van der Waals surface area contributed by atoms with Crippen molar-refractivity contribution in [2.45, 2.75) is 46.1 Å². The third-order valence-corrected chi connectivity index (χ3v) is 3.24. The van der Waals surface area contributed by atoms with E-state index in [1.165, 1.54) is 19.3 Å². The Morgan fingerprint density at radius 1 is 1.53 bits per heavy atom. The van der Waals surface area contributed by atoms with Gasteiger partial charge in [0.1, 0.15) is 0 Å². The van der Waals surface area contributed by atoms with Crippen LogP contribution in [0.1, 0.15) is 40.0 Å². The molecule has 1 fully saturated rings. The van der Waals surface area contributed by atoms with Gasteiger partial charge < -0.3 is 10.1 Å². The maximum absolute atomic E-state index is 11.4. The van der Waals surface area contributed by atoms with Gasteiger partial charge in [0.15, 0.2) is 0 Å². The highest BCUT2D eigenvalue weighted by Crippen LogP contribution is 2.24. The molecule has 0 radical (unpaired) electrons. The Hall–Kier alpha value is -0.570. The van der Waals surface area contributed by atoms with Crippen LogP contribution in [0.4, 0.5) is 0 Å². The first-order valence-corrected chi connectivity index (χ1v) is 6.05. The highest BCUT2D eigenvalue weighted by Gasteiger charge is 2.24. The molecule has 3 heteroatoms. The molecule has 3 unspecified atom stereocenters. The average molecular weight is 213 g/mol. The molecule has 0 bridgehead atoms. The SMILES string of the molecule is CCOC(=O)C(C)CNC1CCCC1C. The van der Waals surface area contributed by atoms with Gasteiger partial charge in [0.2, 0.25) is 0 Å². The predicted molar refractivity (Wildman–Crippen MR) is 60.6 cm³/mol. The molecule has 3 atom stereocenters. The van der Waals surface area contributed by atoms with Gasteiger partial charge in [0, 0.05) is 12.6 Å². The van der Waals surface area contributed by atoms with Crippen LogP contribution in [-0.2, 0) is 9.53 Å². The zero-order valence-electron chi connectivity index (χ0n) is 10.1. The Morgan fingerprint density at radius 3 is 2.80 bits per heavy atom. The van der Waals surface area contributed by atoms with Crippen molar-refractivity contribution in [3.05, 3.63) is 0 Å². The molecule has 0 heterocycles. The van der Waals surface area contributed by atoms with E-state index in [4.69, 9.17) is 4.74 Å². The third-order valence-electron chi connectivity index (χ3n) is 3.24. The van der Waals surface area contributed by atoms with Crippen LogP contribution in [0.25, 0.3) is 0 Å². The highest BCUT2D eigenvalue weighted by molar-refractivity contribution is 5.72. The fourth-order valence-corrected chi connectivity index (χ4v) is 2.14. The molecule has 1 saturated carbocycles. The van der Waals surface area contributed by atoms with Crippen molar-refractivity contribution in [2.24, 2.45) is 11.8 Å². The predicted octanol–water partition coefficient (Wildman–Crippen LogP) is 1.96. The second-order valence-corrected chi connectivity index (χ2v) is 4.58.